The van der Waals surface area contributed by atoms with E-state index in [4.69, 9.17) is 9.52 Å². The first-order valence-electron chi connectivity index (χ1n) is 4.20. The lowest BCUT2D eigenvalue weighted by molar-refractivity contribution is 0.0694. The minimum Gasteiger partial charge on any atom is -0.478 e. The van der Waals surface area contributed by atoms with E-state index in [1.165, 1.54) is 12.3 Å². The third-order valence-corrected chi connectivity index (χ3v) is 1.67. The van der Waals surface area contributed by atoms with Crippen LogP contribution in [0.25, 0.3) is 0 Å². The normalized spacial score (nSPS) is 11.6. The van der Waals surface area contributed by atoms with Crippen LogP contribution in [0.3, 0.4) is 0 Å². The van der Waals surface area contributed by atoms with Gasteiger partial charge in [0.2, 0.25) is 0 Å². The number of aromatic carboxylic acids is 1. The summed E-state index contributed by atoms with van der Waals surface area (Å²) in [6, 6.07) is 1.49. The maximum Gasteiger partial charge on any atom is 0.339 e. The van der Waals surface area contributed by atoms with Crippen LogP contribution in [0.4, 0.5) is 0 Å². The molecule has 0 aliphatic carbocycles. The highest BCUT2D eigenvalue weighted by atomic mass is 16.4. The van der Waals surface area contributed by atoms with E-state index in [1.54, 1.807) is 0 Å². The van der Waals surface area contributed by atoms with Gasteiger partial charge < -0.3 is 9.52 Å². The number of hydrogen-bond acceptors (Lipinski definition) is 2. The molecule has 72 valence electrons. The fraction of sp³-hybridized carbons (Fsp3) is 0.500. The van der Waals surface area contributed by atoms with Crippen LogP contribution in [-0.4, -0.2) is 11.1 Å². The van der Waals surface area contributed by atoms with E-state index < -0.39 is 5.97 Å². The molecule has 1 aromatic rings. The predicted octanol–water partition coefficient (Wildman–Crippen LogP) is 2.57. The molecule has 0 aliphatic heterocycles. The number of carboxylic acids is 1. The number of furan rings is 1. The van der Waals surface area contributed by atoms with Gasteiger partial charge in [0.1, 0.15) is 11.3 Å². The zero-order chi connectivity index (χ0) is 10.1. The first kappa shape index (κ1) is 9.84. The molecule has 0 fully saturated rings. The van der Waals surface area contributed by atoms with Gasteiger partial charge >= 0.3 is 5.97 Å². The highest BCUT2D eigenvalue weighted by molar-refractivity contribution is 5.88. The smallest absolute Gasteiger partial charge is 0.339 e. The Hall–Kier alpha value is -1.25. The molecular formula is C10H14O3. The summed E-state index contributed by atoms with van der Waals surface area (Å²) in [6.45, 7) is 6.13. The van der Waals surface area contributed by atoms with Crippen molar-refractivity contribution in [3.63, 3.8) is 0 Å². The maximum absolute atomic E-state index is 10.7. The molecule has 0 amide bonds. The minimum atomic E-state index is -0.923. The molecule has 0 aliphatic rings. The Bertz CT molecular complexity index is 304. The van der Waals surface area contributed by atoms with Crippen LogP contribution >= 0.6 is 0 Å². The standard InChI is InChI=1S/C10H14O3/c1-10(2,3)6-8-7(9(11)12)4-5-13-8/h4-5H,6H2,1-3H3,(H,11,12). The molecule has 0 unspecified atom stereocenters. The van der Waals surface area contributed by atoms with E-state index in [0.717, 1.165) is 0 Å². The van der Waals surface area contributed by atoms with Gasteiger partial charge in [-0.1, -0.05) is 20.8 Å². The molecule has 13 heavy (non-hydrogen) atoms. The molecule has 0 bridgehead atoms. The van der Waals surface area contributed by atoms with Crippen molar-refractivity contribution in [2.75, 3.05) is 0 Å². The Labute approximate surface area is 77.4 Å². The van der Waals surface area contributed by atoms with Crippen molar-refractivity contribution < 1.29 is 14.3 Å². The van der Waals surface area contributed by atoms with Crippen LogP contribution in [0.1, 0.15) is 36.9 Å². The number of rotatable bonds is 2. The van der Waals surface area contributed by atoms with E-state index in [2.05, 4.69) is 0 Å². The first-order valence-corrected chi connectivity index (χ1v) is 4.20. The van der Waals surface area contributed by atoms with Crippen LogP contribution in [0.2, 0.25) is 0 Å². The fourth-order valence-electron chi connectivity index (χ4n) is 1.15. The Balaban J connectivity index is 2.89. The van der Waals surface area contributed by atoms with E-state index in [1.807, 2.05) is 20.8 Å². The number of hydrogen-bond donors (Lipinski definition) is 1. The largest absolute Gasteiger partial charge is 0.478 e. The van der Waals surface area contributed by atoms with Gasteiger partial charge in [-0.15, -0.1) is 0 Å². The number of carboxylic acid groups (broad SMARTS) is 1. The van der Waals surface area contributed by atoms with Crippen molar-refractivity contribution in [3.8, 4) is 0 Å². The summed E-state index contributed by atoms with van der Waals surface area (Å²) in [4.78, 5) is 10.7. The van der Waals surface area contributed by atoms with Crippen LogP contribution in [0.15, 0.2) is 16.7 Å². The average Bonchev–Trinajstić information content (AvgIpc) is 2.31. The molecule has 0 saturated carbocycles. The zero-order valence-corrected chi connectivity index (χ0v) is 8.13. The second-order valence-corrected chi connectivity index (χ2v) is 4.30. The summed E-state index contributed by atoms with van der Waals surface area (Å²) in [5.74, 6) is -0.368. The zero-order valence-electron chi connectivity index (χ0n) is 8.13. The second-order valence-electron chi connectivity index (χ2n) is 4.30. The summed E-state index contributed by atoms with van der Waals surface area (Å²) in [6.07, 6.45) is 2.06. The molecule has 0 saturated heterocycles. The second kappa shape index (κ2) is 3.24. The summed E-state index contributed by atoms with van der Waals surface area (Å²) in [5, 5.41) is 8.79. The molecule has 0 spiro atoms. The van der Waals surface area contributed by atoms with Crippen LogP contribution in [0.5, 0.6) is 0 Å². The SMILES string of the molecule is CC(C)(C)Cc1occc1C(=O)O. The summed E-state index contributed by atoms with van der Waals surface area (Å²) in [7, 11) is 0. The van der Waals surface area contributed by atoms with Gasteiger partial charge in [-0.25, -0.2) is 4.79 Å². The molecule has 0 atom stereocenters. The summed E-state index contributed by atoms with van der Waals surface area (Å²) in [5.41, 5.74) is 0.317. The number of carbonyl (C=O) groups is 1. The molecule has 3 heteroatoms. The van der Waals surface area contributed by atoms with E-state index in [0.29, 0.717) is 12.2 Å². The van der Waals surface area contributed by atoms with Gasteiger partial charge in [-0.05, 0) is 11.5 Å². The van der Waals surface area contributed by atoms with Gasteiger partial charge in [-0.2, -0.15) is 0 Å². The van der Waals surface area contributed by atoms with E-state index in [9.17, 15) is 4.79 Å². The van der Waals surface area contributed by atoms with Gasteiger partial charge in [0.15, 0.2) is 0 Å². The topological polar surface area (TPSA) is 50.4 Å². The first-order chi connectivity index (χ1) is 5.90. The molecule has 0 radical (unpaired) electrons. The van der Waals surface area contributed by atoms with Crippen molar-refractivity contribution >= 4 is 5.97 Å². The lowest BCUT2D eigenvalue weighted by Gasteiger charge is -2.16. The summed E-state index contributed by atoms with van der Waals surface area (Å²) >= 11 is 0. The molecule has 1 heterocycles. The van der Waals surface area contributed by atoms with Crippen LogP contribution in [-0.2, 0) is 6.42 Å². The van der Waals surface area contributed by atoms with Gasteiger partial charge in [0.05, 0.1) is 6.26 Å². The van der Waals surface area contributed by atoms with Crippen LogP contribution in [0, 0.1) is 5.41 Å². The minimum absolute atomic E-state index is 0.0437. The van der Waals surface area contributed by atoms with Crippen molar-refractivity contribution in [1.82, 2.24) is 0 Å². The highest BCUT2D eigenvalue weighted by Crippen LogP contribution is 2.23. The molecule has 1 rings (SSSR count). The van der Waals surface area contributed by atoms with E-state index >= 15 is 0 Å². The maximum atomic E-state index is 10.7. The Morgan fingerprint density at radius 3 is 2.62 bits per heavy atom. The molecule has 0 aromatic carbocycles. The molecule has 1 aromatic heterocycles. The predicted molar refractivity (Wildman–Crippen MR) is 48.8 cm³/mol. The Kier molecular flexibility index (Phi) is 2.45. The van der Waals surface area contributed by atoms with Gasteiger partial charge in [0, 0.05) is 6.42 Å². The van der Waals surface area contributed by atoms with E-state index in [-0.39, 0.29) is 11.0 Å². The molecule has 3 nitrogen and oxygen atoms in total. The van der Waals surface area contributed by atoms with Crippen molar-refractivity contribution in [3.05, 3.63) is 23.7 Å². The highest BCUT2D eigenvalue weighted by Gasteiger charge is 2.19. The molecular weight excluding hydrogens is 168 g/mol. The quantitative estimate of drug-likeness (QED) is 0.764. The van der Waals surface area contributed by atoms with Crippen molar-refractivity contribution in [2.24, 2.45) is 5.41 Å². The molecule has 1 N–H and O–H groups in total. The lowest BCUT2D eigenvalue weighted by Crippen LogP contribution is -2.11. The lowest BCUT2D eigenvalue weighted by atomic mass is 9.90. The Morgan fingerprint density at radius 1 is 1.54 bits per heavy atom. The van der Waals surface area contributed by atoms with Gasteiger partial charge in [-0.3, -0.25) is 0 Å². The fourth-order valence-corrected chi connectivity index (χ4v) is 1.15. The summed E-state index contributed by atoms with van der Waals surface area (Å²) < 4.78 is 5.12. The Morgan fingerprint density at radius 2 is 2.15 bits per heavy atom. The van der Waals surface area contributed by atoms with Crippen LogP contribution < -0.4 is 0 Å². The average molecular weight is 182 g/mol. The van der Waals surface area contributed by atoms with Crippen molar-refractivity contribution in [1.29, 1.82) is 0 Å². The van der Waals surface area contributed by atoms with Crippen molar-refractivity contribution in [2.45, 2.75) is 27.2 Å². The third kappa shape index (κ3) is 2.61. The monoisotopic (exact) mass is 182 g/mol. The van der Waals surface area contributed by atoms with Gasteiger partial charge in [0.25, 0.3) is 0 Å². The third-order valence-electron chi connectivity index (χ3n) is 1.67.